The largest absolute Gasteiger partial charge is 0.389 e. The lowest BCUT2D eigenvalue weighted by atomic mass is 10.1. The number of pyridine rings is 1. The zero-order chi connectivity index (χ0) is 14.8. The summed E-state index contributed by atoms with van der Waals surface area (Å²) in [6.07, 6.45) is 1.81. The molecule has 21 heavy (non-hydrogen) atoms. The monoisotopic (exact) mass is 319 g/mol. The van der Waals surface area contributed by atoms with Crippen LogP contribution >= 0.6 is 12.2 Å². The number of benzene rings is 1. The summed E-state index contributed by atoms with van der Waals surface area (Å²) in [6.45, 7) is 0. The van der Waals surface area contributed by atoms with Crippen LogP contribution in [-0.4, -0.2) is 31.7 Å². The van der Waals surface area contributed by atoms with E-state index in [2.05, 4.69) is 10.3 Å². The smallest absolute Gasteiger partial charge is 0.127 e. The Hall–Kier alpha value is -1.53. The van der Waals surface area contributed by atoms with Gasteiger partial charge in [0.2, 0.25) is 0 Å². The minimum absolute atomic E-state index is 0.315. The molecule has 0 aliphatic carbocycles. The highest BCUT2D eigenvalue weighted by Crippen LogP contribution is 2.22. The molecule has 1 saturated heterocycles. The standard InChI is InChI=1S/C15H17N3OS2/c16-15(20)12-9-14(17-10-5-7-21(19)8-6-10)18-13-4-2-1-3-11(12)13/h1-4,9-10H,5-8H2,(H2,16,20)(H,17,18). The molecule has 2 heterocycles. The number of rotatable bonds is 3. The fourth-order valence-corrected chi connectivity index (χ4v) is 4.07. The number of hydrogen-bond acceptors (Lipinski definition) is 4. The second kappa shape index (κ2) is 6.07. The molecule has 0 spiro atoms. The highest BCUT2D eigenvalue weighted by molar-refractivity contribution is 7.85. The van der Waals surface area contributed by atoms with Crippen molar-refractivity contribution in [2.24, 2.45) is 5.73 Å². The number of para-hydroxylation sites is 1. The van der Waals surface area contributed by atoms with E-state index in [9.17, 15) is 4.21 Å². The average molecular weight is 319 g/mol. The van der Waals surface area contributed by atoms with Gasteiger partial charge in [-0.25, -0.2) is 4.98 Å². The van der Waals surface area contributed by atoms with Crippen LogP contribution in [0.5, 0.6) is 0 Å². The first-order chi connectivity index (χ1) is 10.1. The second-order valence-corrected chi connectivity index (χ2v) is 7.34. The Balaban J connectivity index is 1.92. The zero-order valence-electron chi connectivity index (χ0n) is 11.5. The number of anilines is 1. The molecule has 0 amide bonds. The van der Waals surface area contributed by atoms with Crippen LogP contribution in [0.2, 0.25) is 0 Å². The van der Waals surface area contributed by atoms with Gasteiger partial charge in [0, 0.05) is 39.3 Å². The van der Waals surface area contributed by atoms with Gasteiger partial charge in [0.05, 0.1) is 5.52 Å². The molecule has 0 bridgehead atoms. The molecule has 0 atom stereocenters. The maximum absolute atomic E-state index is 11.4. The fourth-order valence-electron chi connectivity index (χ4n) is 2.60. The van der Waals surface area contributed by atoms with Gasteiger partial charge >= 0.3 is 0 Å². The first kappa shape index (κ1) is 14.4. The molecular formula is C15H17N3OS2. The van der Waals surface area contributed by atoms with Crippen LogP contribution in [0.15, 0.2) is 30.3 Å². The van der Waals surface area contributed by atoms with Gasteiger partial charge in [-0.05, 0) is 25.0 Å². The molecule has 1 aliphatic rings. The summed E-state index contributed by atoms with van der Waals surface area (Å²) in [5.41, 5.74) is 7.56. The normalized spacial score (nSPS) is 22.1. The number of fused-ring (bicyclic) bond motifs is 1. The Morgan fingerprint density at radius 2 is 2.05 bits per heavy atom. The van der Waals surface area contributed by atoms with Gasteiger partial charge in [-0.2, -0.15) is 0 Å². The molecule has 0 saturated carbocycles. The topological polar surface area (TPSA) is 68.0 Å². The first-order valence-corrected chi connectivity index (χ1v) is 8.84. The fraction of sp³-hybridized carbons (Fsp3) is 0.333. The van der Waals surface area contributed by atoms with Gasteiger partial charge in [0.15, 0.2) is 0 Å². The van der Waals surface area contributed by atoms with Crippen LogP contribution in [0.25, 0.3) is 10.9 Å². The Bertz CT molecular complexity index is 707. The number of nitrogens with two attached hydrogens (primary N) is 1. The summed E-state index contributed by atoms with van der Waals surface area (Å²) in [5, 5.41) is 4.40. The van der Waals surface area contributed by atoms with E-state index in [1.165, 1.54) is 0 Å². The van der Waals surface area contributed by atoms with Gasteiger partial charge in [-0.15, -0.1) is 0 Å². The molecule has 3 rings (SSSR count). The van der Waals surface area contributed by atoms with Crippen molar-refractivity contribution >= 4 is 44.7 Å². The first-order valence-electron chi connectivity index (χ1n) is 6.94. The molecule has 1 fully saturated rings. The van der Waals surface area contributed by atoms with Crippen molar-refractivity contribution in [3.8, 4) is 0 Å². The average Bonchev–Trinajstić information content (AvgIpc) is 2.48. The van der Waals surface area contributed by atoms with Gasteiger partial charge in [-0.1, -0.05) is 30.4 Å². The van der Waals surface area contributed by atoms with E-state index in [1.807, 2.05) is 30.3 Å². The highest BCUT2D eigenvalue weighted by Gasteiger charge is 2.18. The molecule has 1 aliphatic heterocycles. The van der Waals surface area contributed by atoms with Crippen LogP contribution in [0.1, 0.15) is 18.4 Å². The Labute approximate surface area is 131 Å². The second-order valence-electron chi connectivity index (χ2n) is 5.20. The van der Waals surface area contributed by atoms with Crippen LogP contribution in [-0.2, 0) is 10.8 Å². The molecule has 4 nitrogen and oxygen atoms in total. The van der Waals surface area contributed by atoms with E-state index in [4.69, 9.17) is 18.0 Å². The van der Waals surface area contributed by atoms with Crippen molar-refractivity contribution in [2.75, 3.05) is 16.8 Å². The molecular weight excluding hydrogens is 302 g/mol. The summed E-state index contributed by atoms with van der Waals surface area (Å²) in [4.78, 5) is 5.01. The van der Waals surface area contributed by atoms with Crippen LogP contribution in [0.4, 0.5) is 5.82 Å². The van der Waals surface area contributed by atoms with E-state index in [0.717, 1.165) is 46.6 Å². The Morgan fingerprint density at radius 3 is 2.76 bits per heavy atom. The maximum atomic E-state index is 11.4. The third kappa shape index (κ3) is 3.22. The Morgan fingerprint density at radius 1 is 1.33 bits per heavy atom. The third-order valence-corrected chi connectivity index (χ3v) is 5.32. The zero-order valence-corrected chi connectivity index (χ0v) is 13.2. The van der Waals surface area contributed by atoms with E-state index in [0.29, 0.717) is 11.0 Å². The van der Waals surface area contributed by atoms with Gasteiger partial charge in [0.1, 0.15) is 10.8 Å². The summed E-state index contributed by atoms with van der Waals surface area (Å²) < 4.78 is 11.4. The minimum Gasteiger partial charge on any atom is -0.389 e. The molecule has 0 radical (unpaired) electrons. The number of thiocarbonyl (C=S) groups is 1. The number of nitrogens with zero attached hydrogens (tertiary/aromatic N) is 1. The van der Waals surface area contributed by atoms with E-state index >= 15 is 0 Å². The third-order valence-electron chi connectivity index (χ3n) is 3.72. The molecule has 6 heteroatoms. The molecule has 2 aromatic rings. The van der Waals surface area contributed by atoms with Crippen LogP contribution < -0.4 is 11.1 Å². The highest BCUT2D eigenvalue weighted by atomic mass is 32.2. The summed E-state index contributed by atoms with van der Waals surface area (Å²) in [7, 11) is -0.654. The summed E-state index contributed by atoms with van der Waals surface area (Å²) >= 11 is 5.15. The molecule has 1 aromatic carbocycles. The van der Waals surface area contributed by atoms with Crippen molar-refractivity contribution in [3.63, 3.8) is 0 Å². The number of nitrogens with one attached hydrogen (secondary N) is 1. The molecule has 3 N–H and O–H groups in total. The van der Waals surface area contributed by atoms with E-state index in [1.54, 1.807) is 0 Å². The number of aromatic nitrogens is 1. The van der Waals surface area contributed by atoms with Crippen LogP contribution in [0, 0.1) is 0 Å². The van der Waals surface area contributed by atoms with Crippen molar-refractivity contribution in [3.05, 3.63) is 35.9 Å². The van der Waals surface area contributed by atoms with Crippen LogP contribution in [0.3, 0.4) is 0 Å². The molecule has 110 valence electrons. The lowest BCUT2D eigenvalue weighted by molar-refractivity contribution is 0.623. The lowest BCUT2D eigenvalue weighted by Gasteiger charge is -2.23. The maximum Gasteiger partial charge on any atom is 0.127 e. The predicted octanol–water partition coefficient (Wildman–Crippen LogP) is 2.19. The van der Waals surface area contributed by atoms with Gasteiger partial charge < -0.3 is 11.1 Å². The minimum atomic E-state index is -0.654. The molecule has 0 unspecified atom stereocenters. The van der Waals surface area contributed by atoms with Crippen molar-refractivity contribution < 1.29 is 4.21 Å². The quantitative estimate of drug-likeness (QED) is 0.849. The van der Waals surface area contributed by atoms with Gasteiger partial charge in [0.25, 0.3) is 0 Å². The van der Waals surface area contributed by atoms with E-state index < -0.39 is 10.8 Å². The van der Waals surface area contributed by atoms with Gasteiger partial charge in [-0.3, -0.25) is 4.21 Å². The van der Waals surface area contributed by atoms with Crippen molar-refractivity contribution in [2.45, 2.75) is 18.9 Å². The van der Waals surface area contributed by atoms with E-state index in [-0.39, 0.29) is 0 Å². The SMILES string of the molecule is NC(=S)c1cc(NC2CCS(=O)CC2)nc2ccccc12. The van der Waals surface area contributed by atoms with Crippen molar-refractivity contribution in [1.82, 2.24) is 4.98 Å². The number of hydrogen-bond donors (Lipinski definition) is 2. The summed E-state index contributed by atoms with van der Waals surface area (Å²) in [6, 6.07) is 10.1. The summed E-state index contributed by atoms with van der Waals surface area (Å²) in [5.74, 6) is 2.30. The predicted molar refractivity (Wildman–Crippen MR) is 92.2 cm³/mol. The Kier molecular flexibility index (Phi) is 4.17. The lowest BCUT2D eigenvalue weighted by Crippen LogP contribution is -2.29. The molecule has 1 aromatic heterocycles. The van der Waals surface area contributed by atoms with Crippen molar-refractivity contribution in [1.29, 1.82) is 0 Å².